The van der Waals surface area contributed by atoms with Crippen molar-refractivity contribution in [2.75, 3.05) is 13.7 Å². The predicted molar refractivity (Wildman–Crippen MR) is 47.7 cm³/mol. The highest BCUT2D eigenvalue weighted by Gasteiger charge is 2.09. The van der Waals surface area contributed by atoms with Crippen LogP contribution < -0.4 is 5.73 Å². The third kappa shape index (κ3) is 2.47. The molecule has 1 aromatic heterocycles. The Bertz CT molecular complexity index is 291. The molecule has 3 nitrogen and oxygen atoms in total. The van der Waals surface area contributed by atoms with Gasteiger partial charge in [-0.1, -0.05) is 6.07 Å². The van der Waals surface area contributed by atoms with Crippen LogP contribution in [0.25, 0.3) is 0 Å². The van der Waals surface area contributed by atoms with E-state index in [0.29, 0.717) is 12.3 Å². The molecule has 1 aromatic rings. The monoisotopic (exact) mass is 184 g/mol. The fourth-order valence-electron chi connectivity index (χ4n) is 1.20. The standard InChI is InChI=1S/C9H13FN2O/c1-6-7(8(11)5-13-2)3-4-9(10)12-6/h3-4,8H,5,11H2,1-2H3. The zero-order valence-corrected chi connectivity index (χ0v) is 7.75. The SMILES string of the molecule is COCC(N)c1ccc(F)nc1C. The van der Waals surface area contributed by atoms with Gasteiger partial charge in [-0.25, -0.2) is 4.98 Å². The number of nitrogens with zero attached hydrogens (tertiary/aromatic N) is 1. The molecule has 0 radical (unpaired) electrons. The van der Waals surface area contributed by atoms with Gasteiger partial charge in [-0.3, -0.25) is 0 Å². The molecule has 1 atom stereocenters. The molecule has 0 saturated carbocycles. The molecule has 0 aliphatic heterocycles. The highest BCUT2D eigenvalue weighted by atomic mass is 19.1. The Morgan fingerprint density at radius 2 is 2.31 bits per heavy atom. The normalized spacial score (nSPS) is 12.9. The lowest BCUT2D eigenvalue weighted by molar-refractivity contribution is 0.180. The molecule has 72 valence electrons. The first-order valence-electron chi connectivity index (χ1n) is 4.02. The van der Waals surface area contributed by atoms with Crippen molar-refractivity contribution >= 4 is 0 Å². The van der Waals surface area contributed by atoms with E-state index in [9.17, 15) is 4.39 Å². The van der Waals surface area contributed by atoms with Gasteiger partial charge in [-0.2, -0.15) is 4.39 Å². The van der Waals surface area contributed by atoms with Crippen molar-refractivity contribution in [2.24, 2.45) is 5.73 Å². The summed E-state index contributed by atoms with van der Waals surface area (Å²) in [6, 6.07) is 2.71. The van der Waals surface area contributed by atoms with Gasteiger partial charge < -0.3 is 10.5 Å². The predicted octanol–water partition coefficient (Wildman–Crippen LogP) is 1.18. The molecule has 4 heteroatoms. The van der Waals surface area contributed by atoms with E-state index in [4.69, 9.17) is 10.5 Å². The van der Waals surface area contributed by atoms with Gasteiger partial charge in [0.15, 0.2) is 0 Å². The molecular formula is C9H13FN2O. The van der Waals surface area contributed by atoms with Crippen molar-refractivity contribution in [2.45, 2.75) is 13.0 Å². The summed E-state index contributed by atoms with van der Waals surface area (Å²) in [6.07, 6.45) is 0. The minimum atomic E-state index is -0.481. The highest BCUT2D eigenvalue weighted by molar-refractivity contribution is 5.22. The third-order valence-corrected chi connectivity index (χ3v) is 1.84. The summed E-state index contributed by atoms with van der Waals surface area (Å²) in [5.74, 6) is -0.481. The van der Waals surface area contributed by atoms with Gasteiger partial charge in [0, 0.05) is 12.8 Å². The molecule has 1 rings (SSSR count). The van der Waals surface area contributed by atoms with Crippen LogP contribution in [0.1, 0.15) is 17.3 Å². The summed E-state index contributed by atoms with van der Waals surface area (Å²) in [6.45, 7) is 2.14. The zero-order valence-electron chi connectivity index (χ0n) is 7.75. The molecule has 0 aliphatic rings. The second-order valence-corrected chi connectivity index (χ2v) is 2.87. The number of halogens is 1. The molecule has 13 heavy (non-hydrogen) atoms. The first kappa shape index (κ1) is 10.1. The van der Waals surface area contributed by atoms with Crippen molar-refractivity contribution in [1.82, 2.24) is 4.98 Å². The van der Waals surface area contributed by atoms with Gasteiger partial charge in [0.25, 0.3) is 0 Å². The molecule has 1 unspecified atom stereocenters. The number of aryl methyl sites for hydroxylation is 1. The van der Waals surface area contributed by atoms with Crippen LogP contribution in [0.15, 0.2) is 12.1 Å². The van der Waals surface area contributed by atoms with Gasteiger partial charge in [0.05, 0.1) is 12.6 Å². The third-order valence-electron chi connectivity index (χ3n) is 1.84. The highest BCUT2D eigenvalue weighted by Crippen LogP contribution is 2.14. The number of hydrogen-bond donors (Lipinski definition) is 1. The van der Waals surface area contributed by atoms with Gasteiger partial charge in [-0.05, 0) is 18.6 Å². The lowest BCUT2D eigenvalue weighted by Gasteiger charge is -2.12. The van der Waals surface area contributed by atoms with E-state index >= 15 is 0 Å². The molecule has 0 spiro atoms. The fourth-order valence-corrected chi connectivity index (χ4v) is 1.20. The van der Waals surface area contributed by atoms with Gasteiger partial charge in [0.2, 0.25) is 5.95 Å². The summed E-state index contributed by atoms with van der Waals surface area (Å²) in [5.41, 5.74) is 7.21. The molecule has 1 heterocycles. The average molecular weight is 184 g/mol. The maximum absolute atomic E-state index is 12.6. The van der Waals surface area contributed by atoms with Crippen LogP contribution in [0, 0.1) is 12.9 Å². The van der Waals surface area contributed by atoms with Crippen LogP contribution >= 0.6 is 0 Å². The number of methoxy groups -OCH3 is 1. The minimum absolute atomic E-state index is 0.238. The molecular weight excluding hydrogens is 171 g/mol. The quantitative estimate of drug-likeness (QED) is 0.717. The summed E-state index contributed by atoms with van der Waals surface area (Å²) in [5, 5.41) is 0. The van der Waals surface area contributed by atoms with Crippen molar-refractivity contribution in [1.29, 1.82) is 0 Å². The van der Waals surface area contributed by atoms with Crippen LogP contribution in [0.5, 0.6) is 0 Å². The van der Waals surface area contributed by atoms with E-state index < -0.39 is 5.95 Å². The largest absolute Gasteiger partial charge is 0.383 e. The number of nitrogens with two attached hydrogens (primary N) is 1. The van der Waals surface area contributed by atoms with Crippen LogP contribution in [-0.4, -0.2) is 18.7 Å². The van der Waals surface area contributed by atoms with Gasteiger partial charge in [-0.15, -0.1) is 0 Å². The van der Waals surface area contributed by atoms with E-state index in [-0.39, 0.29) is 6.04 Å². The van der Waals surface area contributed by atoms with Crippen molar-refractivity contribution in [3.8, 4) is 0 Å². The van der Waals surface area contributed by atoms with Crippen molar-refractivity contribution in [3.05, 3.63) is 29.3 Å². The average Bonchev–Trinajstić information content (AvgIpc) is 2.04. The summed E-state index contributed by atoms with van der Waals surface area (Å²) >= 11 is 0. The molecule has 0 saturated heterocycles. The van der Waals surface area contributed by atoms with Crippen molar-refractivity contribution in [3.63, 3.8) is 0 Å². The smallest absolute Gasteiger partial charge is 0.213 e. The maximum Gasteiger partial charge on any atom is 0.213 e. The van der Waals surface area contributed by atoms with E-state index in [0.717, 1.165) is 5.56 Å². The second kappa shape index (κ2) is 4.30. The lowest BCUT2D eigenvalue weighted by Crippen LogP contribution is -2.17. The fraction of sp³-hybridized carbons (Fsp3) is 0.444. The minimum Gasteiger partial charge on any atom is -0.383 e. The maximum atomic E-state index is 12.6. The molecule has 0 aromatic carbocycles. The summed E-state index contributed by atoms with van der Waals surface area (Å²) in [4.78, 5) is 3.67. The Balaban J connectivity index is 2.88. The Labute approximate surface area is 76.7 Å². The molecule has 0 aliphatic carbocycles. The van der Waals surface area contributed by atoms with E-state index in [2.05, 4.69) is 4.98 Å². The lowest BCUT2D eigenvalue weighted by atomic mass is 10.1. The first-order valence-corrected chi connectivity index (χ1v) is 4.02. The number of rotatable bonds is 3. The van der Waals surface area contributed by atoms with Crippen LogP contribution in [0.4, 0.5) is 4.39 Å². The van der Waals surface area contributed by atoms with Gasteiger partial charge >= 0.3 is 0 Å². The number of hydrogen-bond acceptors (Lipinski definition) is 3. The van der Waals surface area contributed by atoms with E-state index in [1.165, 1.54) is 6.07 Å². The first-order chi connectivity index (χ1) is 6.15. The topological polar surface area (TPSA) is 48.1 Å². The van der Waals surface area contributed by atoms with E-state index in [1.807, 2.05) is 0 Å². The van der Waals surface area contributed by atoms with Crippen LogP contribution in [0.3, 0.4) is 0 Å². The van der Waals surface area contributed by atoms with E-state index in [1.54, 1.807) is 20.1 Å². The van der Waals surface area contributed by atoms with Crippen LogP contribution in [-0.2, 0) is 4.74 Å². The Morgan fingerprint density at radius 3 is 2.85 bits per heavy atom. The number of aromatic nitrogens is 1. The Kier molecular flexibility index (Phi) is 3.33. The second-order valence-electron chi connectivity index (χ2n) is 2.87. The number of pyridine rings is 1. The zero-order chi connectivity index (χ0) is 9.84. The van der Waals surface area contributed by atoms with Crippen LogP contribution in [0.2, 0.25) is 0 Å². The van der Waals surface area contributed by atoms with Gasteiger partial charge in [0.1, 0.15) is 0 Å². The Hall–Kier alpha value is -1.00. The summed E-state index contributed by atoms with van der Waals surface area (Å²) < 4.78 is 17.5. The Morgan fingerprint density at radius 1 is 1.62 bits per heavy atom. The van der Waals surface area contributed by atoms with Crippen molar-refractivity contribution < 1.29 is 9.13 Å². The molecule has 0 bridgehead atoms. The molecule has 0 fully saturated rings. The molecule has 0 amide bonds. The number of ether oxygens (including phenoxy) is 1. The summed E-state index contributed by atoms with van der Waals surface area (Å²) in [7, 11) is 1.58. The molecule has 2 N–H and O–H groups in total.